The van der Waals surface area contributed by atoms with Crippen LogP contribution >= 0.6 is 11.3 Å². The van der Waals surface area contributed by atoms with E-state index in [9.17, 15) is 0 Å². The van der Waals surface area contributed by atoms with E-state index in [4.69, 9.17) is 4.74 Å². The lowest BCUT2D eigenvalue weighted by Gasteiger charge is -2.26. The molecular weight excluding hydrogens is 172 g/mol. The van der Waals surface area contributed by atoms with E-state index in [1.54, 1.807) is 11.3 Å². The van der Waals surface area contributed by atoms with Gasteiger partial charge in [-0.3, -0.25) is 0 Å². The Morgan fingerprint density at radius 3 is 3.08 bits per heavy atom. The third-order valence-corrected chi connectivity index (χ3v) is 2.76. The molecule has 0 atom stereocenters. The van der Waals surface area contributed by atoms with Gasteiger partial charge < -0.3 is 10.1 Å². The molecule has 0 aliphatic carbocycles. The Labute approximate surface area is 75.8 Å². The number of hydrogen-bond acceptors (Lipinski definition) is 4. The third-order valence-electron chi connectivity index (χ3n) is 1.85. The molecule has 3 nitrogen and oxygen atoms in total. The lowest BCUT2D eigenvalue weighted by atomic mass is 10.2. The molecule has 1 aliphatic rings. The number of hydrogen-bond donors (Lipinski definition) is 1. The SMILES string of the molecule is Cc1cnc(CNC2COC2)s1. The Morgan fingerprint density at radius 1 is 1.75 bits per heavy atom. The second-order valence-corrected chi connectivity index (χ2v) is 4.30. The Morgan fingerprint density at radius 2 is 2.58 bits per heavy atom. The van der Waals surface area contributed by atoms with Crippen molar-refractivity contribution < 1.29 is 4.74 Å². The summed E-state index contributed by atoms with van der Waals surface area (Å²) in [5.74, 6) is 0. The maximum absolute atomic E-state index is 5.05. The normalized spacial score (nSPS) is 17.8. The highest BCUT2D eigenvalue weighted by atomic mass is 32.1. The van der Waals surface area contributed by atoms with Gasteiger partial charge in [-0.15, -0.1) is 11.3 Å². The molecule has 1 fully saturated rings. The van der Waals surface area contributed by atoms with Crippen molar-refractivity contribution in [1.82, 2.24) is 10.3 Å². The summed E-state index contributed by atoms with van der Waals surface area (Å²) < 4.78 is 5.05. The number of ether oxygens (including phenoxy) is 1. The molecule has 66 valence electrons. The predicted octanol–water partition coefficient (Wildman–Crippen LogP) is 0.940. The molecule has 1 N–H and O–H groups in total. The van der Waals surface area contributed by atoms with Gasteiger partial charge in [0.2, 0.25) is 0 Å². The van der Waals surface area contributed by atoms with E-state index in [1.165, 1.54) is 9.88 Å². The van der Waals surface area contributed by atoms with Gasteiger partial charge in [0, 0.05) is 17.6 Å². The molecule has 12 heavy (non-hydrogen) atoms. The van der Waals surface area contributed by atoms with Crippen LogP contribution in [-0.2, 0) is 11.3 Å². The molecule has 0 aromatic carbocycles. The fraction of sp³-hybridized carbons (Fsp3) is 0.625. The smallest absolute Gasteiger partial charge is 0.107 e. The van der Waals surface area contributed by atoms with E-state index in [0.717, 1.165) is 19.8 Å². The lowest BCUT2D eigenvalue weighted by molar-refractivity contribution is -0.00578. The lowest BCUT2D eigenvalue weighted by Crippen LogP contribution is -2.45. The quantitative estimate of drug-likeness (QED) is 0.759. The van der Waals surface area contributed by atoms with Gasteiger partial charge in [-0.2, -0.15) is 0 Å². The molecule has 0 unspecified atom stereocenters. The first-order valence-electron chi connectivity index (χ1n) is 4.07. The van der Waals surface area contributed by atoms with Crippen molar-refractivity contribution >= 4 is 11.3 Å². The van der Waals surface area contributed by atoms with Crippen molar-refractivity contribution in [2.24, 2.45) is 0 Å². The maximum atomic E-state index is 5.05. The molecule has 1 aromatic heterocycles. The van der Waals surface area contributed by atoms with Crippen molar-refractivity contribution in [3.05, 3.63) is 16.1 Å². The molecular formula is C8H12N2OS. The topological polar surface area (TPSA) is 34.2 Å². The van der Waals surface area contributed by atoms with Gasteiger partial charge >= 0.3 is 0 Å². The molecule has 1 aromatic rings. The van der Waals surface area contributed by atoms with Gasteiger partial charge in [-0.05, 0) is 6.92 Å². The zero-order valence-corrected chi connectivity index (χ0v) is 7.86. The monoisotopic (exact) mass is 184 g/mol. The zero-order valence-electron chi connectivity index (χ0n) is 7.04. The average Bonchev–Trinajstić information content (AvgIpc) is 2.32. The van der Waals surface area contributed by atoms with Crippen molar-refractivity contribution in [2.75, 3.05) is 13.2 Å². The van der Waals surface area contributed by atoms with E-state index in [2.05, 4.69) is 17.2 Å². The minimum Gasteiger partial charge on any atom is -0.378 e. The number of nitrogens with zero attached hydrogens (tertiary/aromatic N) is 1. The maximum Gasteiger partial charge on any atom is 0.107 e. The molecule has 0 spiro atoms. The first kappa shape index (κ1) is 8.16. The Bertz CT molecular complexity index is 257. The van der Waals surface area contributed by atoms with E-state index >= 15 is 0 Å². The fourth-order valence-electron chi connectivity index (χ4n) is 1.07. The molecule has 0 amide bonds. The summed E-state index contributed by atoms with van der Waals surface area (Å²) in [5, 5.41) is 4.54. The van der Waals surface area contributed by atoms with Gasteiger partial charge in [-0.25, -0.2) is 4.98 Å². The van der Waals surface area contributed by atoms with E-state index in [-0.39, 0.29) is 0 Å². The molecule has 1 aliphatic heterocycles. The number of thiazole rings is 1. The minimum absolute atomic E-state index is 0.550. The van der Waals surface area contributed by atoms with Crippen LogP contribution in [-0.4, -0.2) is 24.2 Å². The standard InChI is InChI=1S/C8H12N2OS/c1-6-2-10-8(12-6)3-9-7-4-11-5-7/h2,7,9H,3-5H2,1H3. The second-order valence-electron chi connectivity index (χ2n) is 2.98. The van der Waals surface area contributed by atoms with Crippen LogP contribution in [0.25, 0.3) is 0 Å². The summed E-state index contributed by atoms with van der Waals surface area (Å²) in [4.78, 5) is 5.54. The van der Waals surface area contributed by atoms with Crippen LogP contribution in [0.3, 0.4) is 0 Å². The van der Waals surface area contributed by atoms with Crippen LogP contribution in [0.15, 0.2) is 6.20 Å². The second kappa shape index (κ2) is 3.51. The summed E-state index contributed by atoms with van der Waals surface area (Å²) >= 11 is 1.75. The van der Waals surface area contributed by atoms with E-state index < -0.39 is 0 Å². The van der Waals surface area contributed by atoms with Crippen LogP contribution in [0.1, 0.15) is 9.88 Å². The third kappa shape index (κ3) is 1.83. The van der Waals surface area contributed by atoms with Gasteiger partial charge in [0.15, 0.2) is 0 Å². The Kier molecular flexibility index (Phi) is 2.39. The Hall–Kier alpha value is -0.450. The van der Waals surface area contributed by atoms with Crippen molar-refractivity contribution in [2.45, 2.75) is 19.5 Å². The summed E-state index contributed by atoms with van der Waals surface area (Å²) in [6.45, 7) is 4.66. The molecule has 2 rings (SSSR count). The van der Waals surface area contributed by atoms with Gasteiger partial charge in [0.25, 0.3) is 0 Å². The van der Waals surface area contributed by atoms with E-state index in [0.29, 0.717) is 6.04 Å². The average molecular weight is 184 g/mol. The number of rotatable bonds is 3. The van der Waals surface area contributed by atoms with Gasteiger partial charge in [0.05, 0.1) is 19.3 Å². The molecule has 2 heterocycles. The summed E-state index contributed by atoms with van der Waals surface area (Å²) in [6, 6.07) is 0.550. The largest absolute Gasteiger partial charge is 0.378 e. The van der Waals surface area contributed by atoms with Crippen molar-refractivity contribution in [1.29, 1.82) is 0 Å². The first-order chi connectivity index (χ1) is 5.84. The van der Waals surface area contributed by atoms with Crippen LogP contribution in [0.4, 0.5) is 0 Å². The van der Waals surface area contributed by atoms with E-state index in [1.807, 2.05) is 6.20 Å². The van der Waals surface area contributed by atoms with Crippen LogP contribution in [0, 0.1) is 6.92 Å². The highest BCUT2D eigenvalue weighted by molar-refractivity contribution is 7.11. The number of aromatic nitrogens is 1. The molecule has 0 radical (unpaired) electrons. The van der Waals surface area contributed by atoms with Gasteiger partial charge in [0.1, 0.15) is 5.01 Å². The molecule has 4 heteroatoms. The summed E-state index contributed by atoms with van der Waals surface area (Å²) in [6.07, 6.45) is 1.92. The highest BCUT2D eigenvalue weighted by Gasteiger charge is 2.17. The predicted molar refractivity (Wildman–Crippen MR) is 48.3 cm³/mol. The summed E-state index contributed by atoms with van der Waals surface area (Å²) in [7, 11) is 0. The number of nitrogens with one attached hydrogen (secondary N) is 1. The fourth-order valence-corrected chi connectivity index (χ4v) is 1.81. The van der Waals surface area contributed by atoms with Crippen molar-refractivity contribution in [3.63, 3.8) is 0 Å². The zero-order chi connectivity index (χ0) is 8.39. The molecule has 0 bridgehead atoms. The van der Waals surface area contributed by atoms with Crippen molar-refractivity contribution in [3.8, 4) is 0 Å². The summed E-state index contributed by atoms with van der Waals surface area (Å²) in [5.41, 5.74) is 0. The Balaban J connectivity index is 1.79. The van der Waals surface area contributed by atoms with Crippen LogP contribution in [0.2, 0.25) is 0 Å². The highest BCUT2D eigenvalue weighted by Crippen LogP contribution is 2.11. The van der Waals surface area contributed by atoms with Crippen LogP contribution in [0.5, 0.6) is 0 Å². The molecule has 1 saturated heterocycles. The molecule has 0 saturated carbocycles. The number of aryl methyl sites for hydroxylation is 1. The van der Waals surface area contributed by atoms with Crippen LogP contribution < -0.4 is 5.32 Å². The first-order valence-corrected chi connectivity index (χ1v) is 4.88. The van der Waals surface area contributed by atoms with Gasteiger partial charge in [-0.1, -0.05) is 0 Å². The minimum atomic E-state index is 0.550.